The van der Waals surface area contributed by atoms with Crippen LogP contribution in [0.2, 0.25) is 0 Å². The van der Waals surface area contributed by atoms with Crippen LogP contribution in [0.5, 0.6) is 11.5 Å². The fourth-order valence-corrected chi connectivity index (χ4v) is 4.09. The van der Waals surface area contributed by atoms with Crippen LogP contribution in [-0.2, 0) is 23.8 Å². The Bertz CT molecular complexity index is 995. The van der Waals surface area contributed by atoms with Crippen LogP contribution >= 0.6 is 0 Å². The summed E-state index contributed by atoms with van der Waals surface area (Å²) in [5.74, 6) is -3.85. The van der Waals surface area contributed by atoms with E-state index in [-0.39, 0.29) is 17.4 Å². The molecule has 0 amide bonds. The van der Waals surface area contributed by atoms with Gasteiger partial charge in [0.05, 0.1) is 5.92 Å². The molecule has 0 saturated carbocycles. The number of rotatable bonds is 15. The van der Waals surface area contributed by atoms with Gasteiger partial charge in [0.25, 0.3) is 0 Å². The zero-order chi connectivity index (χ0) is 30.6. The van der Waals surface area contributed by atoms with E-state index < -0.39 is 60.4 Å². The molecule has 11 nitrogen and oxygen atoms in total. The third-order valence-corrected chi connectivity index (χ3v) is 6.48. The lowest BCUT2D eigenvalue weighted by Gasteiger charge is -2.32. The van der Waals surface area contributed by atoms with E-state index >= 15 is 0 Å². The number of carbonyl (C=O) groups is 4. The van der Waals surface area contributed by atoms with E-state index in [1.165, 1.54) is 18.2 Å². The summed E-state index contributed by atoms with van der Waals surface area (Å²) in [6.45, 7) is 14.1. The average Bonchev–Trinajstić information content (AvgIpc) is 2.85. The second kappa shape index (κ2) is 16.7. The first kappa shape index (κ1) is 34.7. The van der Waals surface area contributed by atoms with E-state index in [0.717, 1.165) is 12.8 Å². The number of aliphatic carboxylic acids is 1. The van der Waals surface area contributed by atoms with Crippen LogP contribution in [-0.4, -0.2) is 53.7 Å². The maximum atomic E-state index is 12.6. The molecule has 0 aliphatic carbocycles. The van der Waals surface area contributed by atoms with Crippen molar-refractivity contribution in [3.63, 3.8) is 0 Å². The molecule has 0 radical (unpaired) electrons. The van der Waals surface area contributed by atoms with Crippen LogP contribution in [0.25, 0.3) is 0 Å². The summed E-state index contributed by atoms with van der Waals surface area (Å²) in [6.07, 6.45) is -0.703. The minimum absolute atomic E-state index is 0.132. The van der Waals surface area contributed by atoms with Gasteiger partial charge in [0, 0.05) is 11.8 Å². The van der Waals surface area contributed by atoms with Crippen molar-refractivity contribution in [1.82, 2.24) is 0 Å². The first-order valence-corrected chi connectivity index (χ1v) is 13.8. The lowest BCUT2D eigenvalue weighted by atomic mass is 9.79. The van der Waals surface area contributed by atoms with Gasteiger partial charge in [-0.3, -0.25) is 9.59 Å². The summed E-state index contributed by atoms with van der Waals surface area (Å²) in [6, 6.07) is 2.84. The molecule has 11 heteroatoms. The molecule has 0 spiro atoms. The lowest BCUT2D eigenvalue weighted by Crippen LogP contribution is -2.43. The monoisotopic (exact) mass is 567 g/mol. The lowest BCUT2D eigenvalue weighted by molar-refractivity contribution is -0.155. The van der Waals surface area contributed by atoms with Crippen molar-refractivity contribution in [3.05, 3.63) is 23.8 Å². The van der Waals surface area contributed by atoms with Crippen LogP contribution in [0.1, 0.15) is 92.6 Å². The molecule has 0 heterocycles. The minimum atomic E-state index is -1.40. The minimum Gasteiger partial charge on any atom is -0.480 e. The number of esters is 1. The fourth-order valence-electron chi connectivity index (χ4n) is 4.09. The van der Waals surface area contributed by atoms with Crippen LogP contribution < -0.4 is 15.2 Å². The summed E-state index contributed by atoms with van der Waals surface area (Å²) < 4.78 is 26.8. The van der Waals surface area contributed by atoms with Gasteiger partial charge in [-0.15, -0.1) is 0 Å². The van der Waals surface area contributed by atoms with Crippen molar-refractivity contribution < 1.29 is 48.0 Å². The van der Waals surface area contributed by atoms with Crippen molar-refractivity contribution in [2.45, 2.75) is 111 Å². The molecule has 40 heavy (non-hydrogen) atoms. The van der Waals surface area contributed by atoms with Crippen molar-refractivity contribution in [3.8, 4) is 11.5 Å². The molecule has 1 aromatic carbocycles. The summed E-state index contributed by atoms with van der Waals surface area (Å²) in [4.78, 5) is 49.1. The van der Waals surface area contributed by atoms with E-state index in [2.05, 4.69) is 0 Å². The number of carboxylic acids is 1. The van der Waals surface area contributed by atoms with Gasteiger partial charge in [0.1, 0.15) is 24.4 Å². The van der Waals surface area contributed by atoms with Gasteiger partial charge in [0.15, 0.2) is 11.5 Å². The Morgan fingerprint density at radius 3 is 1.75 bits per heavy atom. The highest BCUT2D eigenvalue weighted by molar-refractivity contribution is 5.75. The van der Waals surface area contributed by atoms with E-state index in [1.807, 2.05) is 13.8 Å². The third-order valence-electron chi connectivity index (χ3n) is 6.48. The van der Waals surface area contributed by atoms with Gasteiger partial charge >= 0.3 is 24.2 Å². The molecule has 0 aliphatic heterocycles. The van der Waals surface area contributed by atoms with Crippen LogP contribution in [0.15, 0.2) is 18.2 Å². The molecule has 5 unspecified atom stereocenters. The first-order valence-electron chi connectivity index (χ1n) is 13.8. The predicted molar refractivity (Wildman–Crippen MR) is 147 cm³/mol. The normalized spacial score (nSPS) is 15.7. The molecule has 1 rings (SSSR count). The molecule has 6 atom stereocenters. The van der Waals surface area contributed by atoms with Crippen molar-refractivity contribution in [2.24, 2.45) is 17.6 Å². The summed E-state index contributed by atoms with van der Waals surface area (Å²) in [5, 5.41) is 9.76. The number of hydrogen-bond acceptors (Lipinski definition) is 10. The average molecular weight is 568 g/mol. The second-order valence-corrected chi connectivity index (χ2v) is 10.4. The number of hydrogen-bond donors (Lipinski definition) is 2. The summed E-state index contributed by atoms with van der Waals surface area (Å²) >= 11 is 0. The van der Waals surface area contributed by atoms with Gasteiger partial charge < -0.3 is 34.5 Å². The highest BCUT2D eigenvalue weighted by Gasteiger charge is 2.36. The summed E-state index contributed by atoms with van der Waals surface area (Å²) in [7, 11) is 0. The van der Waals surface area contributed by atoms with Gasteiger partial charge in [-0.1, -0.05) is 53.5 Å². The Kier molecular flexibility index (Phi) is 14.5. The highest BCUT2D eigenvalue weighted by atomic mass is 16.7. The molecular weight excluding hydrogens is 522 g/mol. The number of carboxylic acid groups (broad SMARTS) is 1. The quantitative estimate of drug-likeness (QED) is 0.149. The molecule has 0 saturated heterocycles. The van der Waals surface area contributed by atoms with Crippen LogP contribution in [0.3, 0.4) is 0 Å². The number of carbonyl (C=O) groups excluding carboxylic acids is 3. The van der Waals surface area contributed by atoms with Gasteiger partial charge in [-0.25, -0.2) is 9.59 Å². The highest BCUT2D eigenvalue weighted by Crippen LogP contribution is 2.37. The first-order chi connectivity index (χ1) is 18.7. The standard InChI is InChI=1S/C29H45NO10/c1-9-11-17(5)36-28(34)39-22-14-13-21(15-23(22)40-29(35)37-18(6)12-10-2)24(25(30)26(31)32)19(7)20(8)38-27(33)16(3)4/h13-20,24-25H,9-12,30H2,1-8H3,(H,31,32)/t17?,18?,19?,20?,24?,25-/m0/s1. The molecular formula is C29H45NO10. The van der Waals surface area contributed by atoms with Crippen molar-refractivity contribution in [1.29, 1.82) is 0 Å². The number of nitrogens with two attached hydrogens (primary N) is 1. The van der Waals surface area contributed by atoms with Crippen molar-refractivity contribution >= 4 is 24.2 Å². The topological polar surface area (TPSA) is 161 Å². The molecule has 0 fully saturated rings. The maximum absolute atomic E-state index is 12.6. The molecule has 226 valence electrons. The van der Waals surface area contributed by atoms with E-state index in [1.54, 1.807) is 41.5 Å². The van der Waals surface area contributed by atoms with E-state index in [4.69, 9.17) is 29.4 Å². The maximum Gasteiger partial charge on any atom is 0.514 e. The van der Waals surface area contributed by atoms with E-state index in [0.29, 0.717) is 18.4 Å². The summed E-state index contributed by atoms with van der Waals surface area (Å²) in [5.41, 5.74) is 6.46. The zero-order valence-electron chi connectivity index (χ0n) is 24.8. The molecule has 0 aromatic heterocycles. The Hall–Kier alpha value is -3.34. The molecule has 1 aromatic rings. The van der Waals surface area contributed by atoms with Crippen LogP contribution in [0, 0.1) is 11.8 Å². The molecule has 0 aliphatic rings. The van der Waals surface area contributed by atoms with Gasteiger partial charge in [-0.2, -0.15) is 0 Å². The Morgan fingerprint density at radius 1 is 0.800 bits per heavy atom. The molecule has 3 N–H and O–H groups in total. The number of benzene rings is 1. The van der Waals surface area contributed by atoms with Gasteiger partial charge in [0.2, 0.25) is 0 Å². The second-order valence-electron chi connectivity index (χ2n) is 10.4. The largest absolute Gasteiger partial charge is 0.514 e. The zero-order valence-corrected chi connectivity index (χ0v) is 24.8. The Morgan fingerprint density at radius 2 is 1.30 bits per heavy atom. The third kappa shape index (κ3) is 11.0. The predicted octanol–water partition coefficient (Wildman–Crippen LogP) is 5.81. The Balaban J connectivity index is 3.46. The van der Waals surface area contributed by atoms with Gasteiger partial charge in [-0.05, 0) is 51.3 Å². The smallest absolute Gasteiger partial charge is 0.480 e. The van der Waals surface area contributed by atoms with E-state index in [9.17, 15) is 24.3 Å². The van der Waals surface area contributed by atoms with Crippen molar-refractivity contribution in [2.75, 3.05) is 0 Å². The fraction of sp³-hybridized carbons (Fsp3) is 0.655. The Labute approximate surface area is 236 Å². The number of ether oxygens (including phenoxy) is 5. The molecule has 0 bridgehead atoms. The van der Waals surface area contributed by atoms with Crippen LogP contribution in [0.4, 0.5) is 9.59 Å². The SMILES string of the molecule is CCCC(C)OC(=O)Oc1ccc(C(C(C)C(C)OC(=O)C(C)C)[C@H](N)C(=O)O)cc1OC(=O)OC(C)CCC.